The molecular formula is C26H28ClNO5S. The van der Waals surface area contributed by atoms with Crippen molar-refractivity contribution < 1.29 is 23.8 Å². The molecule has 3 rings (SSSR count). The number of imide groups is 1. The lowest BCUT2D eigenvalue weighted by Crippen LogP contribution is -2.29. The van der Waals surface area contributed by atoms with Crippen LogP contribution in [0.4, 0.5) is 4.79 Å². The van der Waals surface area contributed by atoms with Crippen molar-refractivity contribution >= 4 is 40.6 Å². The number of hydrogen-bond acceptors (Lipinski definition) is 6. The maximum atomic E-state index is 12.8. The fourth-order valence-corrected chi connectivity index (χ4v) is 4.44. The summed E-state index contributed by atoms with van der Waals surface area (Å²) in [7, 11) is 1.59. The summed E-state index contributed by atoms with van der Waals surface area (Å²) >= 11 is 6.92. The minimum absolute atomic E-state index is 0.272. The number of hydrogen-bond donors (Lipinski definition) is 0. The number of allylic oxidation sites excluding steroid dienone is 1. The van der Waals surface area contributed by atoms with E-state index < -0.39 is 0 Å². The van der Waals surface area contributed by atoms with Crippen LogP contribution in [0.5, 0.6) is 11.5 Å². The average molecular weight is 502 g/mol. The zero-order chi connectivity index (χ0) is 24.5. The number of halogens is 1. The lowest BCUT2D eigenvalue weighted by atomic mass is 10.0. The van der Waals surface area contributed by atoms with E-state index in [1.165, 1.54) is 4.90 Å². The maximum absolute atomic E-state index is 12.8. The first kappa shape index (κ1) is 25.9. The second-order valence-corrected chi connectivity index (χ2v) is 8.96. The van der Waals surface area contributed by atoms with E-state index in [0.717, 1.165) is 28.5 Å². The lowest BCUT2D eigenvalue weighted by molar-refractivity contribution is -0.122. The maximum Gasteiger partial charge on any atom is 0.293 e. The smallest absolute Gasteiger partial charge is 0.293 e. The van der Waals surface area contributed by atoms with Gasteiger partial charge in [-0.15, -0.1) is 6.58 Å². The van der Waals surface area contributed by atoms with E-state index in [1.807, 2.05) is 43.3 Å². The molecule has 0 atom stereocenters. The van der Waals surface area contributed by atoms with Gasteiger partial charge in [0, 0.05) is 30.8 Å². The molecular weight excluding hydrogens is 474 g/mol. The zero-order valence-electron chi connectivity index (χ0n) is 19.3. The first-order valence-corrected chi connectivity index (χ1v) is 12.2. The van der Waals surface area contributed by atoms with Crippen molar-refractivity contribution in [3.63, 3.8) is 0 Å². The molecule has 2 aromatic carbocycles. The predicted octanol–water partition coefficient (Wildman–Crippen LogP) is 6.12. The minimum atomic E-state index is -0.294. The number of rotatable bonds is 12. The topological polar surface area (TPSA) is 65.1 Å². The highest BCUT2D eigenvalue weighted by molar-refractivity contribution is 8.18. The van der Waals surface area contributed by atoms with E-state index >= 15 is 0 Å². The summed E-state index contributed by atoms with van der Waals surface area (Å²) < 4.78 is 17.1. The van der Waals surface area contributed by atoms with Crippen molar-refractivity contribution in [2.45, 2.75) is 26.4 Å². The van der Waals surface area contributed by atoms with Gasteiger partial charge in [0.1, 0.15) is 6.61 Å². The van der Waals surface area contributed by atoms with Gasteiger partial charge in [-0.25, -0.2) is 0 Å². The van der Waals surface area contributed by atoms with Crippen molar-refractivity contribution in [1.29, 1.82) is 0 Å². The fourth-order valence-electron chi connectivity index (χ4n) is 3.45. The Kier molecular flexibility index (Phi) is 9.62. The van der Waals surface area contributed by atoms with E-state index in [0.29, 0.717) is 60.6 Å². The van der Waals surface area contributed by atoms with Crippen LogP contribution in [0.25, 0.3) is 6.08 Å². The highest BCUT2D eigenvalue weighted by Gasteiger charge is 2.34. The Bertz CT molecular complexity index is 1070. The van der Waals surface area contributed by atoms with Crippen molar-refractivity contribution in [3.8, 4) is 11.5 Å². The molecule has 0 spiro atoms. The van der Waals surface area contributed by atoms with Gasteiger partial charge in [0.15, 0.2) is 11.5 Å². The summed E-state index contributed by atoms with van der Waals surface area (Å²) in [5.74, 6) is 0.903. The van der Waals surface area contributed by atoms with Crippen LogP contribution >= 0.6 is 23.4 Å². The number of amides is 2. The van der Waals surface area contributed by atoms with Crippen LogP contribution in [0.2, 0.25) is 5.02 Å². The average Bonchev–Trinajstić information content (AvgIpc) is 3.07. The van der Waals surface area contributed by atoms with Gasteiger partial charge < -0.3 is 14.2 Å². The van der Waals surface area contributed by atoms with Crippen LogP contribution in [0.3, 0.4) is 0 Å². The Hall–Kier alpha value is -2.74. The van der Waals surface area contributed by atoms with Gasteiger partial charge in [0.2, 0.25) is 0 Å². The third kappa shape index (κ3) is 6.65. The van der Waals surface area contributed by atoms with Crippen molar-refractivity contribution in [2.75, 3.05) is 26.9 Å². The second-order valence-electron chi connectivity index (χ2n) is 7.53. The second kappa shape index (κ2) is 12.6. The van der Waals surface area contributed by atoms with Crippen LogP contribution in [0, 0.1) is 0 Å². The SMILES string of the molecule is C=CCc1cc(/C=C2/SC(=O)N(CCCOC)C2=O)cc(OCC)c1OCc1ccc(Cl)cc1. The van der Waals surface area contributed by atoms with Crippen molar-refractivity contribution in [2.24, 2.45) is 0 Å². The summed E-state index contributed by atoms with van der Waals surface area (Å²) in [6.45, 7) is 7.37. The lowest BCUT2D eigenvalue weighted by Gasteiger charge is -2.17. The summed E-state index contributed by atoms with van der Waals surface area (Å²) in [5, 5.41) is 0.394. The number of ether oxygens (including phenoxy) is 3. The molecule has 1 aliphatic rings. The van der Waals surface area contributed by atoms with E-state index in [-0.39, 0.29) is 11.1 Å². The number of benzene rings is 2. The minimum Gasteiger partial charge on any atom is -0.490 e. The van der Waals surface area contributed by atoms with Crippen LogP contribution < -0.4 is 9.47 Å². The van der Waals surface area contributed by atoms with Gasteiger partial charge >= 0.3 is 0 Å². The predicted molar refractivity (Wildman–Crippen MR) is 136 cm³/mol. The van der Waals surface area contributed by atoms with E-state index in [4.69, 9.17) is 25.8 Å². The van der Waals surface area contributed by atoms with Gasteiger partial charge in [0.25, 0.3) is 11.1 Å². The first-order chi connectivity index (χ1) is 16.5. The largest absolute Gasteiger partial charge is 0.490 e. The Morgan fingerprint density at radius 1 is 1.15 bits per heavy atom. The fraction of sp³-hybridized carbons (Fsp3) is 0.308. The summed E-state index contributed by atoms with van der Waals surface area (Å²) in [6, 6.07) is 11.2. The zero-order valence-corrected chi connectivity index (χ0v) is 20.9. The highest BCUT2D eigenvalue weighted by atomic mass is 35.5. The third-order valence-electron chi connectivity index (χ3n) is 5.02. The molecule has 2 aromatic rings. The van der Waals surface area contributed by atoms with Gasteiger partial charge in [-0.05, 0) is 73.0 Å². The van der Waals surface area contributed by atoms with Crippen LogP contribution in [0.15, 0.2) is 54.0 Å². The van der Waals surface area contributed by atoms with Crippen LogP contribution in [0.1, 0.15) is 30.0 Å². The standard InChI is InChI=1S/C26H28ClNO5S/c1-4-7-20-14-19(16-23-25(29)28(26(30)34-23)12-6-13-31-3)15-22(32-5-2)24(20)33-17-18-8-10-21(27)11-9-18/h4,8-11,14-16H,1,5-7,12-13,17H2,2-3H3/b23-16+. The normalized spacial score (nSPS) is 14.7. The molecule has 0 aromatic heterocycles. The first-order valence-electron chi connectivity index (χ1n) is 11.0. The van der Waals surface area contributed by atoms with Crippen molar-refractivity contribution in [3.05, 3.63) is 75.7 Å². The van der Waals surface area contributed by atoms with Crippen LogP contribution in [-0.4, -0.2) is 42.9 Å². The number of nitrogens with zero attached hydrogens (tertiary/aromatic N) is 1. The molecule has 1 fully saturated rings. The summed E-state index contributed by atoms with van der Waals surface area (Å²) in [5.41, 5.74) is 2.60. The Morgan fingerprint density at radius 2 is 1.91 bits per heavy atom. The summed E-state index contributed by atoms with van der Waals surface area (Å²) in [6.07, 6.45) is 4.66. The third-order valence-corrected chi connectivity index (χ3v) is 6.18. The van der Waals surface area contributed by atoms with E-state index in [2.05, 4.69) is 6.58 Å². The molecule has 0 saturated carbocycles. The number of carbonyl (C=O) groups is 2. The van der Waals surface area contributed by atoms with Gasteiger partial charge in [-0.2, -0.15) is 0 Å². The molecule has 180 valence electrons. The Labute approximate surface area is 209 Å². The Morgan fingerprint density at radius 3 is 2.59 bits per heavy atom. The molecule has 2 amide bonds. The summed E-state index contributed by atoms with van der Waals surface area (Å²) in [4.78, 5) is 26.7. The molecule has 1 saturated heterocycles. The van der Waals surface area contributed by atoms with E-state index in [1.54, 1.807) is 19.3 Å². The van der Waals surface area contributed by atoms with Crippen molar-refractivity contribution in [1.82, 2.24) is 4.90 Å². The molecule has 6 nitrogen and oxygen atoms in total. The van der Waals surface area contributed by atoms with E-state index in [9.17, 15) is 9.59 Å². The number of carbonyl (C=O) groups excluding carboxylic acids is 2. The molecule has 0 radical (unpaired) electrons. The number of thioether (sulfide) groups is 1. The molecule has 1 aliphatic heterocycles. The molecule has 0 bridgehead atoms. The monoisotopic (exact) mass is 501 g/mol. The molecule has 8 heteroatoms. The van der Waals surface area contributed by atoms with Gasteiger partial charge in [-0.3, -0.25) is 14.5 Å². The number of methoxy groups -OCH3 is 1. The molecule has 0 N–H and O–H groups in total. The Balaban J connectivity index is 1.88. The molecule has 1 heterocycles. The van der Waals surface area contributed by atoms with Crippen LogP contribution in [-0.2, 0) is 22.6 Å². The molecule has 0 aliphatic carbocycles. The van der Waals surface area contributed by atoms with Gasteiger partial charge in [-0.1, -0.05) is 29.8 Å². The quantitative estimate of drug-likeness (QED) is 0.198. The van der Waals surface area contributed by atoms with Gasteiger partial charge in [0.05, 0.1) is 11.5 Å². The highest BCUT2D eigenvalue weighted by Crippen LogP contribution is 2.37. The molecule has 0 unspecified atom stereocenters. The molecule has 34 heavy (non-hydrogen) atoms.